The standard InChI is InChI=1S/C13H21NO4S2/c1-13(18-2)7-3-8-14(10-13)20(16,17)12-5-4-11(19-12)6-9-15/h4-5,15H,3,6-10H2,1-2H3. The molecule has 1 N–H and O–H groups in total. The maximum Gasteiger partial charge on any atom is 0.252 e. The summed E-state index contributed by atoms with van der Waals surface area (Å²) in [6, 6.07) is 3.40. The molecule has 1 aromatic heterocycles. The van der Waals surface area contributed by atoms with Gasteiger partial charge in [-0.3, -0.25) is 0 Å². The van der Waals surface area contributed by atoms with Crippen LogP contribution in [0.1, 0.15) is 24.6 Å². The quantitative estimate of drug-likeness (QED) is 0.892. The zero-order valence-corrected chi connectivity index (χ0v) is 13.5. The van der Waals surface area contributed by atoms with Crippen molar-refractivity contribution in [2.24, 2.45) is 0 Å². The molecular formula is C13H21NO4S2. The summed E-state index contributed by atoms with van der Waals surface area (Å²) >= 11 is 1.24. The second-order valence-electron chi connectivity index (χ2n) is 5.29. The lowest BCUT2D eigenvalue weighted by atomic mass is 9.96. The molecule has 1 fully saturated rings. The molecule has 1 saturated heterocycles. The monoisotopic (exact) mass is 319 g/mol. The molecule has 1 atom stereocenters. The second kappa shape index (κ2) is 6.11. The first-order chi connectivity index (χ1) is 9.41. The highest BCUT2D eigenvalue weighted by Gasteiger charge is 2.37. The summed E-state index contributed by atoms with van der Waals surface area (Å²) in [5.74, 6) is 0. The van der Waals surface area contributed by atoms with Crippen molar-refractivity contribution in [1.82, 2.24) is 4.31 Å². The molecule has 1 aliphatic rings. The molecule has 0 radical (unpaired) electrons. The third-order valence-corrected chi connectivity index (χ3v) is 7.16. The van der Waals surface area contributed by atoms with Gasteiger partial charge < -0.3 is 9.84 Å². The van der Waals surface area contributed by atoms with Gasteiger partial charge in [-0.25, -0.2) is 8.42 Å². The van der Waals surface area contributed by atoms with E-state index in [1.807, 2.05) is 6.92 Å². The molecule has 0 aliphatic carbocycles. The maximum atomic E-state index is 12.6. The Balaban J connectivity index is 2.20. The lowest BCUT2D eigenvalue weighted by Gasteiger charge is -2.38. The Morgan fingerprint density at radius 2 is 2.25 bits per heavy atom. The molecule has 0 spiro atoms. The molecule has 1 unspecified atom stereocenters. The first-order valence-corrected chi connectivity index (χ1v) is 8.92. The number of ether oxygens (including phenoxy) is 1. The van der Waals surface area contributed by atoms with Gasteiger partial charge >= 0.3 is 0 Å². The number of aliphatic hydroxyl groups is 1. The van der Waals surface area contributed by atoms with Gasteiger partial charge in [0.1, 0.15) is 4.21 Å². The van der Waals surface area contributed by atoms with Gasteiger partial charge in [0.2, 0.25) is 0 Å². The Kier molecular flexibility index (Phi) is 4.86. The van der Waals surface area contributed by atoms with Crippen LogP contribution in [-0.4, -0.2) is 50.2 Å². The van der Waals surface area contributed by atoms with Gasteiger partial charge in [0.25, 0.3) is 10.0 Å². The van der Waals surface area contributed by atoms with Gasteiger partial charge in [-0.1, -0.05) is 0 Å². The van der Waals surface area contributed by atoms with Crippen LogP contribution in [0.4, 0.5) is 0 Å². The van der Waals surface area contributed by atoms with Crippen LogP contribution < -0.4 is 0 Å². The number of piperidine rings is 1. The Bertz CT molecular complexity index is 554. The van der Waals surface area contributed by atoms with E-state index < -0.39 is 15.6 Å². The summed E-state index contributed by atoms with van der Waals surface area (Å²) in [4.78, 5) is 0.887. The van der Waals surface area contributed by atoms with Gasteiger partial charge in [0, 0.05) is 38.1 Å². The Labute approximate surface area is 124 Å². The number of hydrogen-bond donors (Lipinski definition) is 1. The number of aliphatic hydroxyl groups excluding tert-OH is 1. The van der Waals surface area contributed by atoms with E-state index in [0.29, 0.717) is 23.7 Å². The molecular weight excluding hydrogens is 298 g/mol. The largest absolute Gasteiger partial charge is 0.396 e. The SMILES string of the molecule is COC1(C)CCCN(S(=O)(=O)c2ccc(CCO)s2)C1. The minimum Gasteiger partial charge on any atom is -0.396 e. The van der Waals surface area contributed by atoms with Crippen LogP contribution in [0.5, 0.6) is 0 Å². The fourth-order valence-electron chi connectivity index (χ4n) is 2.40. The van der Waals surface area contributed by atoms with Crippen LogP contribution in [0.25, 0.3) is 0 Å². The molecule has 1 aromatic rings. The van der Waals surface area contributed by atoms with Crippen LogP contribution >= 0.6 is 11.3 Å². The lowest BCUT2D eigenvalue weighted by molar-refractivity contribution is -0.0319. The van der Waals surface area contributed by atoms with Crippen molar-refractivity contribution < 1.29 is 18.3 Å². The van der Waals surface area contributed by atoms with Crippen molar-refractivity contribution in [1.29, 1.82) is 0 Å². The van der Waals surface area contributed by atoms with E-state index in [1.165, 1.54) is 15.6 Å². The minimum absolute atomic E-state index is 0.0332. The van der Waals surface area contributed by atoms with Crippen LogP contribution in [0.2, 0.25) is 0 Å². The van der Waals surface area contributed by atoms with E-state index in [1.54, 1.807) is 19.2 Å². The summed E-state index contributed by atoms with van der Waals surface area (Å²) in [6.07, 6.45) is 2.17. The lowest BCUT2D eigenvalue weighted by Crippen LogP contribution is -2.49. The first kappa shape index (κ1) is 15.9. The van der Waals surface area contributed by atoms with Crippen molar-refractivity contribution >= 4 is 21.4 Å². The van der Waals surface area contributed by atoms with Gasteiger partial charge in [-0.2, -0.15) is 4.31 Å². The third kappa shape index (κ3) is 3.23. The predicted octanol–water partition coefficient (Wildman–Crippen LogP) is 1.47. The highest BCUT2D eigenvalue weighted by molar-refractivity contribution is 7.91. The molecule has 20 heavy (non-hydrogen) atoms. The summed E-state index contributed by atoms with van der Waals surface area (Å²) in [5.41, 5.74) is -0.406. The summed E-state index contributed by atoms with van der Waals surface area (Å²) in [5, 5.41) is 8.91. The fraction of sp³-hybridized carbons (Fsp3) is 0.692. The summed E-state index contributed by atoms with van der Waals surface area (Å²) in [6.45, 7) is 2.90. The summed E-state index contributed by atoms with van der Waals surface area (Å²) in [7, 11) is -1.82. The number of nitrogens with zero attached hydrogens (tertiary/aromatic N) is 1. The van der Waals surface area contributed by atoms with Crippen LogP contribution in [0.15, 0.2) is 16.3 Å². The van der Waals surface area contributed by atoms with E-state index in [2.05, 4.69) is 0 Å². The second-order valence-corrected chi connectivity index (χ2v) is 8.62. The van der Waals surface area contributed by atoms with Crippen molar-refractivity contribution in [3.8, 4) is 0 Å². The Morgan fingerprint density at radius 3 is 2.90 bits per heavy atom. The molecule has 2 heterocycles. The molecule has 7 heteroatoms. The van der Waals surface area contributed by atoms with E-state index in [4.69, 9.17) is 9.84 Å². The molecule has 0 bridgehead atoms. The minimum atomic E-state index is -3.45. The van der Waals surface area contributed by atoms with E-state index in [9.17, 15) is 8.42 Å². The van der Waals surface area contributed by atoms with Gasteiger partial charge in [-0.15, -0.1) is 11.3 Å². The summed E-state index contributed by atoms with van der Waals surface area (Å²) < 4.78 is 32.6. The first-order valence-electron chi connectivity index (χ1n) is 6.66. The molecule has 5 nitrogen and oxygen atoms in total. The van der Waals surface area contributed by atoms with Gasteiger partial charge in [0.15, 0.2) is 0 Å². The van der Waals surface area contributed by atoms with Gasteiger partial charge in [0.05, 0.1) is 5.60 Å². The van der Waals surface area contributed by atoms with Crippen LogP contribution in [0, 0.1) is 0 Å². The zero-order valence-electron chi connectivity index (χ0n) is 11.8. The maximum absolute atomic E-state index is 12.6. The fourth-order valence-corrected chi connectivity index (χ4v) is 5.49. The zero-order chi connectivity index (χ0) is 14.8. The predicted molar refractivity (Wildman–Crippen MR) is 78.5 cm³/mol. The van der Waals surface area contributed by atoms with Crippen molar-refractivity contribution in [3.63, 3.8) is 0 Å². The molecule has 2 rings (SSSR count). The Hall–Kier alpha value is -0.470. The number of thiophene rings is 1. The topological polar surface area (TPSA) is 66.8 Å². The normalized spacial score (nSPS) is 24.9. The van der Waals surface area contributed by atoms with Crippen molar-refractivity contribution in [3.05, 3.63) is 17.0 Å². The average Bonchev–Trinajstić information content (AvgIpc) is 2.89. The molecule has 0 amide bonds. The van der Waals surface area contributed by atoms with E-state index in [-0.39, 0.29) is 6.61 Å². The third-order valence-electron chi connectivity index (χ3n) is 3.71. The smallest absolute Gasteiger partial charge is 0.252 e. The highest BCUT2D eigenvalue weighted by Crippen LogP contribution is 2.31. The van der Waals surface area contributed by atoms with E-state index >= 15 is 0 Å². The molecule has 1 aliphatic heterocycles. The number of hydrogen-bond acceptors (Lipinski definition) is 5. The number of methoxy groups -OCH3 is 1. The highest BCUT2D eigenvalue weighted by atomic mass is 32.2. The van der Waals surface area contributed by atoms with Crippen LogP contribution in [0.3, 0.4) is 0 Å². The van der Waals surface area contributed by atoms with Crippen molar-refractivity contribution in [2.45, 2.75) is 36.0 Å². The van der Waals surface area contributed by atoms with Gasteiger partial charge in [-0.05, 0) is 31.9 Å². The molecule has 114 valence electrons. The van der Waals surface area contributed by atoms with Crippen LogP contribution in [-0.2, 0) is 21.2 Å². The van der Waals surface area contributed by atoms with Crippen molar-refractivity contribution in [2.75, 3.05) is 26.8 Å². The number of rotatable bonds is 5. The molecule has 0 aromatic carbocycles. The number of sulfonamides is 1. The van der Waals surface area contributed by atoms with E-state index in [0.717, 1.165) is 17.7 Å². The molecule has 0 saturated carbocycles. The average molecular weight is 319 g/mol. The Morgan fingerprint density at radius 1 is 1.50 bits per heavy atom.